The highest BCUT2D eigenvalue weighted by Crippen LogP contribution is 2.33. The number of aliphatic hydroxyl groups is 3. The molecular weight excluding hydrogens is 300 g/mol. The minimum Gasteiger partial charge on any atom is -0.394 e. The van der Waals surface area contributed by atoms with Gasteiger partial charge in [0, 0.05) is 7.05 Å². The van der Waals surface area contributed by atoms with Crippen molar-refractivity contribution in [3.05, 3.63) is 11.9 Å². The number of nitrogens with one attached hydrogen (secondary N) is 1. The summed E-state index contributed by atoms with van der Waals surface area (Å²) >= 11 is 1.26. The molecule has 2 heterocycles. The topological polar surface area (TPSA) is 130 Å². The summed E-state index contributed by atoms with van der Waals surface area (Å²) in [6.45, 7) is -0.390. The number of thioether (sulfide) groups is 1. The number of aliphatic hydroxyl groups excluding tert-OH is 3. The van der Waals surface area contributed by atoms with Crippen LogP contribution in [0.3, 0.4) is 0 Å². The first-order chi connectivity index (χ1) is 10.0. The molecule has 1 aliphatic rings. The average Bonchev–Trinajstić information content (AvgIpc) is 2.96. The lowest BCUT2D eigenvalue weighted by Gasteiger charge is -2.41. The molecule has 0 saturated carbocycles. The Morgan fingerprint density at radius 2 is 2.24 bits per heavy atom. The van der Waals surface area contributed by atoms with E-state index in [1.54, 1.807) is 6.26 Å². The largest absolute Gasteiger partial charge is 0.394 e. The second-order valence-electron chi connectivity index (χ2n) is 4.60. The van der Waals surface area contributed by atoms with Crippen molar-refractivity contribution in [2.75, 3.05) is 19.9 Å². The number of rotatable bonds is 4. The third-order valence-electron chi connectivity index (χ3n) is 3.36. The molecule has 0 radical (unpaired) electrons. The van der Waals surface area contributed by atoms with Crippen molar-refractivity contribution in [2.24, 2.45) is 0 Å². The van der Waals surface area contributed by atoms with Gasteiger partial charge in [-0.15, -0.1) is 16.9 Å². The number of carbonyl (C=O) groups is 1. The number of ether oxygens (including phenoxy) is 1. The van der Waals surface area contributed by atoms with Crippen LogP contribution in [0, 0.1) is 0 Å². The quantitative estimate of drug-likeness (QED) is 0.501. The normalized spacial score (nSPS) is 32.9. The van der Waals surface area contributed by atoms with Crippen LogP contribution in [0.1, 0.15) is 16.5 Å². The Morgan fingerprint density at radius 3 is 2.81 bits per heavy atom. The van der Waals surface area contributed by atoms with Crippen molar-refractivity contribution in [3.63, 3.8) is 0 Å². The van der Waals surface area contributed by atoms with Crippen LogP contribution in [-0.2, 0) is 4.74 Å². The van der Waals surface area contributed by atoms with Gasteiger partial charge in [-0.05, 0) is 6.26 Å². The summed E-state index contributed by atoms with van der Waals surface area (Å²) in [7, 11) is 1.46. The second kappa shape index (κ2) is 6.71. The standard InChI is InChI=1S/C11H18N4O5S/c1-12-10(19)5-3-15(14-13-5)7-8(17)6(4-16)20-11(21-2)9(7)18/h3,6-9,11,16-18H,4H2,1-2H3,(H,12,19)/t6-,7+,8+,9-,11+/m1/s1. The Balaban J connectivity index is 2.29. The van der Waals surface area contributed by atoms with Crippen molar-refractivity contribution in [3.8, 4) is 0 Å². The number of amides is 1. The van der Waals surface area contributed by atoms with Gasteiger partial charge in [0.05, 0.1) is 12.8 Å². The smallest absolute Gasteiger partial charge is 0.273 e. The molecule has 0 unspecified atom stereocenters. The zero-order valence-electron chi connectivity index (χ0n) is 11.6. The number of aromatic nitrogens is 3. The molecule has 0 spiro atoms. The van der Waals surface area contributed by atoms with Crippen LogP contribution in [-0.4, -0.2) is 79.9 Å². The minimum atomic E-state index is -1.17. The molecule has 9 nitrogen and oxygen atoms in total. The monoisotopic (exact) mass is 318 g/mol. The maximum Gasteiger partial charge on any atom is 0.273 e. The van der Waals surface area contributed by atoms with E-state index in [2.05, 4.69) is 15.6 Å². The Morgan fingerprint density at radius 1 is 1.52 bits per heavy atom. The van der Waals surface area contributed by atoms with Crippen molar-refractivity contribution in [2.45, 2.75) is 29.8 Å². The van der Waals surface area contributed by atoms with Crippen molar-refractivity contribution in [1.82, 2.24) is 20.3 Å². The zero-order valence-corrected chi connectivity index (χ0v) is 12.4. The summed E-state index contributed by atoms with van der Waals surface area (Å²) in [4.78, 5) is 11.5. The van der Waals surface area contributed by atoms with Crippen LogP contribution in [0.15, 0.2) is 6.20 Å². The van der Waals surface area contributed by atoms with Gasteiger partial charge in [-0.25, -0.2) is 4.68 Å². The predicted molar refractivity (Wildman–Crippen MR) is 73.7 cm³/mol. The molecular formula is C11H18N4O5S. The maximum atomic E-state index is 11.5. The minimum absolute atomic E-state index is 0.0737. The fourth-order valence-corrected chi connectivity index (χ4v) is 2.92. The van der Waals surface area contributed by atoms with E-state index >= 15 is 0 Å². The van der Waals surface area contributed by atoms with Crippen molar-refractivity contribution < 1.29 is 24.9 Å². The molecule has 1 fully saturated rings. The van der Waals surface area contributed by atoms with Gasteiger partial charge in [-0.1, -0.05) is 5.21 Å². The van der Waals surface area contributed by atoms with E-state index in [0.717, 1.165) is 0 Å². The first-order valence-corrected chi connectivity index (χ1v) is 7.61. The van der Waals surface area contributed by atoms with Crippen molar-refractivity contribution in [1.29, 1.82) is 0 Å². The van der Waals surface area contributed by atoms with Crippen LogP contribution in [0.5, 0.6) is 0 Å². The Hall–Kier alpha value is -1.20. The predicted octanol–water partition coefficient (Wildman–Crippen LogP) is -2.02. The summed E-state index contributed by atoms with van der Waals surface area (Å²) in [5.41, 5.74) is -0.548. The molecule has 1 aliphatic heterocycles. The van der Waals surface area contributed by atoms with Gasteiger partial charge >= 0.3 is 0 Å². The summed E-state index contributed by atoms with van der Waals surface area (Å²) in [6, 6.07) is -0.862. The summed E-state index contributed by atoms with van der Waals surface area (Å²) in [5.74, 6) is -0.419. The second-order valence-corrected chi connectivity index (χ2v) is 5.53. The van der Waals surface area contributed by atoms with E-state index in [-0.39, 0.29) is 5.69 Å². The van der Waals surface area contributed by atoms with E-state index in [4.69, 9.17) is 4.74 Å². The van der Waals surface area contributed by atoms with Gasteiger partial charge in [0.25, 0.3) is 5.91 Å². The molecule has 21 heavy (non-hydrogen) atoms. The molecule has 1 saturated heterocycles. The Bertz CT molecular complexity index is 483. The molecule has 10 heteroatoms. The van der Waals surface area contributed by atoms with E-state index < -0.39 is 42.3 Å². The molecule has 4 N–H and O–H groups in total. The molecule has 0 bridgehead atoms. The number of hydrogen-bond donors (Lipinski definition) is 4. The maximum absolute atomic E-state index is 11.5. The van der Waals surface area contributed by atoms with Crippen molar-refractivity contribution >= 4 is 17.7 Å². The number of carbonyl (C=O) groups excluding carboxylic acids is 1. The fourth-order valence-electron chi connectivity index (χ4n) is 2.23. The summed E-state index contributed by atoms with van der Waals surface area (Å²) < 4.78 is 6.64. The molecule has 118 valence electrons. The van der Waals surface area contributed by atoms with Crippen LogP contribution in [0.4, 0.5) is 0 Å². The highest BCUT2D eigenvalue weighted by atomic mass is 32.2. The zero-order chi connectivity index (χ0) is 15.6. The van der Waals surface area contributed by atoms with Crippen LogP contribution in [0.25, 0.3) is 0 Å². The van der Waals surface area contributed by atoms with Gasteiger partial charge in [-0.3, -0.25) is 4.79 Å². The highest BCUT2D eigenvalue weighted by Gasteiger charge is 2.45. The van der Waals surface area contributed by atoms with E-state index in [9.17, 15) is 20.1 Å². The van der Waals surface area contributed by atoms with Crippen LogP contribution in [0.2, 0.25) is 0 Å². The number of nitrogens with zero attached hydrogens (tertiary/aromatic N) is 3. The SMILES string of the molecule is CNC(=O)c1cn([C@H]2[C@@H](O)[C@@H](CO)O[C@@H](SC)[C@@H]2O)nn1. The third kappa shape index (κ3) is 3.04. The van der Waals surface area contributed by atoms with Gasteiger partial charge in [0.2, 0.25) is 0 Å². The molecule has 2 rings (SSSR count). The lowest BCUT2D eigenvalue weighted by atomic mass is 9.97. The van der Waals surface area contributed by atoms with E-state index in [1.165, 1.54) is 29.7 Å². The summed E-state index contributed by atoms with van der Waals surface area (Å²) in [5, 5.41) is 39.7. The van der Waals surface area contributed by atoms with E-state index in [0.29, 0.717) is 0 Å². The molecule has 1 amide bonds. The first kappa shape index (κ1) is 16.2. The van der Waals surface area contributed by atoms with Gasteiger partial charge < -0.3 is 25.4 Å². The lowest BCUT2D eigenvalue weighted by molar-refractivity contribution is -0.178. The summed E-state index contributed by atoms with van der Waals surface area (Å²) in [6.07, 6.45) is 0.00902. The van der Waals surface area contributed by atoms with Gasteiger partial charge in [0.15, 0.2) is 5.69 Å². The van der Waals surface area contributed by atoms with Gasteiger partial charge in [-0.2, -0.15) is 0 Å². The Kier molecular flexibility index (Phi) is 5.17. The fraction of sp³-hybridized carbons (Fsp3) is 0.727. The third-order valence-corrected chi connectivity index (χ3v) is 4.21. The lowest BCUT2D eigenvalue weighted by Crippen LogP contribution is -2.54. The molecule has 0 aliphatic carbocycles. The van der Waals surface area contributed by atoms with Crippen LogP contribution >= 0.6 is 11.8 Å². The average molecular weight is 318 g/mol. The number of hydrogen-bond acceptors (Lipinski definition) is 8. The molecule has 0 aromatic carbocycles. The highest BCUT2D eigenvalue weighted by molar-refractivity contribution is 7.99. The van der Waals surface area contributed by atoms with Gasteiger partial charge in [0.1, 0.15) is 29.8 Å². The Labute approximate surface area is 125 Å². The molecule has 1 aromatic heterocycles. The van der Waals surface area contributed by atoms with E-state index in [1.807, 2.05) is 0 Å². The first-order valence-electron chi connectivity index (χ1n) is 6.32. The molecule has 5 atom stereocenters. The molecule has 1 aromatic rings. The van der Waals surface area contributed by atoms with Crippen LogP contribution < -0.4 is 5.32 Å².